The van der Waals surface area contributed by atoms with Gasteiger partial charge in [-0.1, -0.05) is 116 Å². The molecule has 6 rings (SSSR count). The molecule has 0 saturated heterocycles. The minimum Gasteiger partial charge on any atom is -0.296 e. The first kappa shape index (κ1) is 29.1. The number of fused-ring (bicyclic) bond motifs is 1. The zero-order valence-electron chi connectivity index (χ0n) is 25.2. The number of nitrogens with zero attached hydrogens (tertiary/aromatic N) is 3. The van der Waals surface area contributed by atoms with Crippen molar-refractivity contribution in [3.8, 4) is 22.5 Å². The highest BCUT2D eigenvalue weighted by molar-refractivity contribution is 5.85. The summed E-state index contributed by atoms with van der Waals surface area (Å²) in [6.07, 6.45) is 5.29. The van der Waals surface area contributed by atoms with E-state index < -0.39 is 5.76 Å². The maximum absolute atomic E-state index is 14.1. The Morgan fingerprint density at radius 2 is 1.57 bits per heavy atom. The van der Waals surface area contributed by atoms with Crippen molar-refractivity contribution in [2.75, 3.05) is 0 Å². The summed E-state index contributed by atoms with van der Waals surface area (Å²) in [5.74, 6) is 0.568. The van der Waals surface area contributed by atoms with Crippen molar-refractivity contribution < 1.29 is 4.52 Å². The van der Waals surface area contributed by atoms with E-state index in [1.54, 1.807) is 0 Å². The first-order chi connectivity index (χ1) is 21.5. The Balaban J connectivity index is 1.30. The fourth-order valence-electron chi connectivity index (χ4n) is 5.98. The van der Waals surface area contributed by atoms with E-state index in [2.05, 4.69) is 71.7 Å². The third-order valence-electron chi connectivity index (χ3n) is 8.31. The van der Waals surface area contributed by atoms with Crippen LogP contribution in [-0.4, -0.2) is 19.7 Å². The van der Waals surface area contributed by atoms with Crippen LogP contribution in [0.4, 0.5) is 0 Å². The molecule has 0 fully saturated rings. The number of hydrogen-bond acceptors (Lipinski definition) is 5. The molecule has 7 heteroatoms. The van der Waals surface area contributed by atoms with Crippen LogP contribution in [0.5, 0.6) is 0 Å². The number of aromatic amines is 1. The Kier molecular flexibility index (Phi) is 8.64. The average molecular weight is 585 g/mol. The van der Waals surface area contributed by atoms with Crippen LogP contribution in [0.2, 0.25) is 0 Å². The Morgan fingerprint density at radius 1 is 0.818 bits per heavy atom. The van der Waals surface area contributed by atoms with Crippen molar-refractivity contribution in [3.63, 3.8) is 0 Å². The van der Waals surface area contributed by atoms with Gasteiger partial charge in [-0.05, 0) is 59.2 Å². The summed E-state index contributed by atoms with van der Waals surface area (Å²) < 4.78 is 6.58. The van der Waals surface area contributed by atoms with Gasteiger partial charge in [0.05, 0.1) is 5.69 Å². The molecule has 1 N–H and O–H groups in total. The van der Waals surface area contributed by atoms with Crippen LogP contribution in [0.1, 0.15) is 54.4 Å². The van der Waals surface area contributed by atoms with Crippen LogP contribution in [0, 0.1) is 6.92 Å². The maximum atomic E-state index is 14.1. The monoisotopic (exact) mass is 584 g/mol. The zero-order valence-corrected chi connectivity index (χ0v) is 25.2. The van der Waals surface area contributed by atoms with E-state index >= 15 is 0 Å². The SMILES string of the molecule is CCCCCc1nc(C)n(CCc2cccc3ccccc23)c(=O)c1Cc1ccc(-c2ccccc2-c2noc(=O)[nH]2)cc1. The molecule has 0 amide bonds. The van der Waals surface area contributed by atoms with Gasteiger partial charge in [0.15, 0.2) is 5.82 Å². The summed E-state index contributed by atoms with van der Waals surface area (Å²) in [5.41, 5.74) is 6.69. The molecule has 222 valence electrons. The van der Waals surface area contributed by atoms with Crippen LogP contribution in [0.3, 0.4) is 0 Å². The van der Waals surface area contributed by atoms with E-state index in [9.17, 15) is 9.59 Å². The van der Waals surface area contributed by atoms with Gasteiger partial charge < -0.3 is 0 Å². The molecule has 44 heavy (non-hydrogen) atoms. The van der Waals surface area contributed by atoms with Gasteiger partial charge in [-0.15, -0.1) is 0 Å². The molecule has 0 aliphatic rings. The number of nitrogens with one attached hydrogen (secondary N) is 1. The summed E-state index contributed by atoms with van der Waals surface area (Å²) in [6.45, 7) is 4.71. The Morgan fingerprint density at radius 3 is 2.34 bits per heavy atom. The fourth-order valence-corrected chi connectivity index (χ4v) is 5.98. The molecule has 0 saturated carbocycles. The van der Waals surface area contributed by atoms with Crippen LogP contribution < -0.4 is 11.3 Å². The minimum absolute atomic E-state index is 0.0497. The van der Waals surface area contributed by atoms with Crippen molar-refractivity contribution in [2.45, 2.75) is 58.9 Å². The molecule has 0 unspecified atom stereocenters. The lowest BCUT2D eigenvalue weighted by molar-refractivity contribution is 0.388. The van der Waals surface area contributed by atoms with E-state index in [1.807, 2.05) is 47.9 Å². The van der Waals surface area contributed by atoms with Crippen LogP contribution in [0.15, 0.2) is 105 Å². The fraction of sp³-hybridized carbons (Fsp3) is 0.243. The number of unbranched alkanes of at least 4 members (excludes halogenated alkanes) is 2. The molecule has 0 spiro atoms. The lowest BCUT2D eigenvalue weighted by Crippen LogP contribution is -2.30. The van der Waals surface area contributed by atoms with Gasteiger partial charge in [0.1, 0.15) is 5.82 Å². The average Bonchev–Trinajstić information content (AvgIpc) is 3.49. The standard InChI is InChI=1S/C37H36N4O3/c1-3-4-5-17-34-33(36(42)41(25(2)38-34)23-22-28-13-10-12-27-11-6-7-14-30(27)28)24-26-18-20-29(21-19-26)31-15-8-9-16-32(31)35-39-37(43)44-40-35/h6-16,18-21H,3-5,17,22-24H2,1-2H3,(H,39,40,43). The number of hydrogen-bond donors (Lipinski definition) is 1. The van der Waals surface area contributed by atoms with Gasteiger partial charge in [-0.25, -0.2) is 9.78 Å². The molecule has 0 bridgehead atoms. The largest absolute Gasteiger partial charge is 0.439 e. The minimum atomic E-state index is -0.589. The molecule has 0 aliphatic heterocycles. The van der Waals surface area contributed by atoms with Crippen LogP contribution in [0.25, 0.3) is 33.3 Å². The van der Waals surface area contributed by atoms with Gasteiger partial charge in [0.2, 0.25) is 0 Å². The summed E-state index contributed by atoms with van der Waals surface area (Å²) in [6, 6.07) is 30.7. The van der Waals surface area contributed by atoms with E-state index in [0.29, 0.717) is 18.8 Å². The highest BCUT2D eigenvalue weighted by atomic mass is 16.5. The molecule has 4 aromatic carbocycles. The van der Waals surface area contributed by atoms with Gasteiger partial charge >= 0.3 is 5.76 Å². The number of aromatic nitrogens is 4. The molecular formula is C37H36N4O3. The van der Waals surface area contributed by atoms with Gasteiger partial charge in [-0.2, -0.15) is 0 Å². The molecule has 2 heterocycles. The second-order valence-electron chi connectivity index (χ2n) is 11.2. The lowest BCUT2D eigenvalue weighted by atomic mass is 9.96. The van der Waals surface area contributed by atoms with Crippen molar-refractivity contribution >= 4 is 10.8 Å². The predicted molar refractivity (Wildman–Crippen MR) is 175 cm³/mol. The Bertz CT molecular complexity index is 2010. The summed E-state index contributed by atoms with van der Waals surface area (Å²) in [4.78, 5) is 33.3. The van der Waals surface area contributed by atoms with Crippen LogP contribution >= 0.6 is 0 Å². The summed E-state index contributed by atoms with van der Waals surface area (Å²) in [5, 5.41) is 6.30. The molecule has 6 aromatic rings. The maximum Gasteiger partial charge on any atom is 0.439 e. The van der Waals surface area contributed by atoms with E-state index in [0.717, 1.165) is 71.4 Å². The summed E-state index contributed by atoms with van der Waals surface area (Å²) >= 11 is 0. The normalized spacial score (nSPS) is 11.3. The van der Waals surface area contributed by atoms with Gasteiger partial charge in [-0.3, -0.25) is 18.9 Å². The van der Waals surface area contributed by atoms with E-state index in [-0.39, 0.29) is 5.56 Å². The lowest BCUT2D eigenvalue weighted by Gasteiger charge is -2.16. The third-order valence-corrected chi connectivity index (χ3v) is 8.31. The van der Waals surface area contributed by atoms with Crippen molar-refractivity contribution in [1.29, 1.82) is 0 Å². The quantitative estimate of drug-likeness (QED) is 0.162. The molecule has 2 aromatic heterocycles. The third kappa shape index (κ3) is 6.18. The predicted octanol–water partition coefficient (Wildman–Crippen LogP) is 7.28. The first-order valence-electron chi connectivity index (χ1n) is 15.3. The van der Waals surface area contributed by atoms with E-state index in [1.165, 1.54) is 16.3 Å². The van der Waals surface area contributed by atoms with E-state index in [4.69, 9.17) is 9.51 Å². The van der Waals surface area contributed by atoms with Crippen molar-refractivity contribution in [2.24, 2.45) is 0 Å². The molecule has 7 nitrogen and oxygen atoms in total. The van der Waals surface area contributed by atoms with Gasteiger partial charge in [0.25, 0.3) is 5.56 Å². The number of H-pyrrole nitrogens is 1. The number of benzene rings is 4. The molecular weight excluding hydrogens is 548 g/mol. The van der Waals surface area contributed by atoms with Crippen molar-refractivity contribution in [1.82, 2.24) is 19.7 Å². The second-order valence-corrected chi connectivity index (χ2v) is 11.2. The number of aryl methyl sites for hydroxylation is 3. The van der Waals surface area contributed by atoms with Crippen molar-refractivity contribution in [3.05, 3.63) is 140 Å². The van der Waals surface area contributed by atoms with Gasteiger partial charge in [0, 0.05) is 24.1 Å². The smallest absolute Gasteiger partial charge is 0.296 e. The zero-order chi connectivity index (χ0) is 30.5. The molecule has 0 radical (unpaired) electrons. The van der Waals surface area contributed by atoms with Crippen LogP contribution in [-0.2, 0) is 25.8 Å². The first-order valence-corrected chi connectivity index (χ1v) is 15.3. The summed E-state index contributed by atoms with van der Waals surface area (Å²) in [7, 11) is 0. The Hall–Kier alpha value is -5.04. The Labute approximate surface area is 256 Å². The highest BCUT2D eigenvalue weighted by Crippen LogP contribution is 2.30. The second kappa shape index (κ2) is 13.1. The molecule has 0 aliphatic carbocycles. The highest BCUT2D eigenvalue weighted by Gasteiger charge is 2.17. The topological polar surface area (TPSA) is 93.8 Å². The molecule has 0 atom stereocenters. The number of rotatable bonds is 11.